The average Bonchev–Trinajstić information content (AvgIpc) is 3.31. The lowest BCUT2D eigenvalue weighted by molar-refractivity contribution is -0.0433. The number of aromatic nitrogens is 2. The number of rotatable bonds is 7. The maximum atomic E-state index is 13.7. The maximum Gasteiger partial charge on any atom is 0.249 e. The minimum absolute atomic E-state index is 0.124. The minimum Gasteiger partial charge on any atom is -0.358 e. The van der Waals surface area contributed by atoms with Crippen LogP contribution in [0, 0.1) is 12.8 Å². The largest absolute Gasteiger partial charge is 0.358 e. The highest BCUT2D eigenvalue weighted by molar-refractivity contribution is 7.89. The van der Waals surface area contributed by atoms with E-state index in [1.165, 1.54) is 12.8 Å². The van der Waals surface area contributed by atoms with Crippen molar-refractivity contribution in [3.8, 4) is 0 Å². The first kappa shape index (κ1) is 20.8. The van der Waals surface area contributed by atoms with E-state index in [0.717, 1.165) is 25.7 Å². The van der Waals surface area contributed by atoms with Crippen molar-refractivity contribution in [2.45, 2.75) is 102 Å². The number of ether oxygens (including phenoxy) is 1. The second-order valence-electron chi connectivity index (χ2n) is 8.78. The van der Waals surface area contributed by atoms with Crippen molar-refractivity contribution in [3.05, 3.63) is 11.9 Å². The molecule has 7 heteroatoms. The van der Waals surface area contributed by atoms with Crippen LogP contribution in [0.5, 0.6) is 0 Å². The molecular formula is C20H35N3O3S. The first-order valence-electron chi connectivity index (χ1n) is 10.4. The summed E-state index contributed by atoms with van der Waals surface area (Å²) in [7, 11) is -3.67. The molecule has 0 amide bonds. The van der Waals surface area contributed by atoms with E-state index < -0.39 is 15.7 Å². The molecule has 1 aromatic heterocycles. The Morgan fingerprint density at radius 1 is 1.33 bits per heavy atom. The highest BCUT2D eigenvalue weighted by atomic mass is 32.2. The molecule has 1 aliphatic heterocycles. The minimum atomic E-state index is -3.67. The molecule has 1 aliphatic carbocycles. The van der Waals surface area contributed by atoms with Gasteiger partial charge in [-0.15, -0.1) is 0 Å². The number of aryl methyl sites for hydroxylation is 1. The molecule has 1 saturated heterocycles. The second-order valence-corrected chi connectivity index (χ2v) is 10.6. The predicted octanol–water partition coefficient (Wildman–Crippen LogP) is 4.26. The lowest BCUT2D eigenvalue weighted by Gasteiger charge is -2.35. The van der Waals surface area contributed by atoms with Crippen molar-refractivity contribution in [2.75, 3.05) is 6.61 Å². The summed E-state index contributed by atoms with van der Waals surface area (Å²) < 4.78 is 37.0. The molecule has 3 rings (SSSR count). The van der Waals surface area contributed by atoms with Gasteiger partial charge in [0.1, 0.15) is 10.6 Å². The second kappa shape index (κ2) is 7.84. The molecule has 0 bridgehead atoms. The van der Waals surface area contributed by atoms with E-state index in [4.69, 9.17) is 4.74 Å². The van der Waals surface area contributed by atoms with Crippen LogP contribution in [0.15, 0.2) is 11.1 Å². The Hall–Kier alpha value is -0.920. The van der Waals surface area contributed by atoms with Gasteiger partial charge in [-0.3, -0.25) is 4.68 Å². The molecule has 1 aromatic rings. The molecule has 2 unspecified atom stereocenters. The van der Waals surface area contributed by atoms with Crippen LogP contribution in [-0.2, 0) is 14.8 Å². The fourth-order valence-electron chi connectivity index (χ4n) is 4.45. The Balaban J connectivity index is 1.95. The van der Waals surface area contributed by atoms with Crippen LogP contribution in [0.1, 0.15) is 84.4 Å². The van der Waals surface area contributed by atoms with Crippen molar-refractivity contribution >= 4 is 10.0 Å². The smallest absolute Gasteiger partial charge is 0.249 e. The third kappa shape index (κ3) is 3.96. The van der Waals surface area contributed by atoms with Gasteiger partial charge in [0.05, 0.1) is 24.4 Å². The van der Waals surface area contributed by atoms with Gasteiger partial charge in [0.25, 0.3) is 0 Å². The molecule has 0 aromatic carbocycles. The first-order chi connectivity index (χ1) is 12.7. The molecule has 1 saturated carbocycles. The molecule has 6 nitrogen and oxygen atoms in total. The SMILES string of the molecule is CCC1COC(C)(CCC(C)C)N1S(=O)(=O)c1cn(C2CCCC2)nc1C. The van der Waals surface area contributed by atoms with Gasteiger partial charge in [0.2, 0.25) is 10.0 Å². The van der Waals surface area contributed by atoms with Gasteiger partial charge < -0.3 is 4.74 Å². The Morgan fingerprint density at radius 3 is 2.59 bits per heavy atom. The average molecular weight is 398 g/mol. The van der Waals surface area contributed by atoms with Crippen LogP contribution in [0.25, 0.3) is 0 Å². The van der Waals surface area contributed by atoms with E-state index in [9.17, 15) is 8.42 Å². The zero-order chi connectivity index (χ0) is 19.8. The van der Waals surface area contributed by atoms with Gasteiger partial charge in [-0.25, -0.2) is 8.42 Å². The lowest BCUT2D eigenvalue weighted by atomic mass is 10.0. The quantitative estimate of drug-likeness (QED) is 0.690. The van der Waals surface area contributed by atoms with Crippen LogP contribution < -0.4 is 0 Å². The molecule has 2 fully saturated rings. The van der Waals surface area contributed by atoms with E-state index in [-0.39, 0.29) is 6.04 Å². The number of hydrogen-bond donors (Lipinski definition) is 0. The van der Waals surface area contributed by atoms with E-state index in [0.29, 0.717) is 35.6 Å². The monoisotopic (exact) mass is 397 g/mol. The topological polar surface area (TPSA) is 64.4 Å². The Kier molecular flexibility index (Phi) is 6.04. The third-order valence-corrected chi connectivity index (χ3v) is 8.31. The fourth-order valence-corrected chi connectivity index (χ4v) is 6.57. The molecule has 27 heavy (non-hydrogen) atoms. The van der Waals surface area contributed by atoms with Crippen LogP contribution in [0.3, 0.4) is 0 Å². The molecular weight excluding hydrogens is 362 g/mol. The highest BCUT2D eigenvalue weighted by Crippen LogP contribution is 2.40. The summed E-state index contributed by atoms with van der Waals surface area (Å²) in [5.41, 5.74) is -0.194. The van der Waals surface area contributed by atoms with Crippen molar-refractivity contribution < 1.29 is 13.2 Å². The summed E-state index contributed by atoms with van der Waals surface area (Å²) in [5.74, 6) is 0.502. The molecule has 0 N–H and O–H groups in total. The number of hydrogen-bond acceptors (Lipinski definition) is 4. The van der Waals surface area contributed by atoms with Gasteiger partial charge >= 0.3 is 0 Å². The maximum absolute atomic E-state index is 13.7. The summed E-state index contributed by atoms with van der Waals surface area (Å²) in [6, 6.07) is 0.207. The molecule has 2 heterocycles. The van der Waals surface area contributed by atoms with Crippen LogP contribution >= 0.6 is 0 Å². The Bertz CT molecular complexity index is 753. The van der Waals surface area contributed by atoms with Gasteiger partial charge in [0, 0.05) is 6.20 Å². The summed E-state index contributed by atoms with van der Waals surface area (Å²) >= 11 is 0. The summed E-state index contributed by atoms with van der Waals surface area (Å²) in [4.78, 5) is 0.342. The van der Waals surface area contributed by atoms with E-state index in [2.05, 4.69) is 18.9 Å². The van der Waals surface area contributed by atoms with Gasteiger partial charge in [-0.2, -0.15) is 9.40 Å². The first-order valence-corrected chi connectivity index (χ1v) is 11.9. The van der Waals surface area contributed by atoms with E-state index in [1.807, 2.05) is 25.5 Å². The summed E-state index contributed by atoms with van der Waals surface area (Å²) in [6.07, 6.45) is 8.68. The standard InChI is InChI=1S/C20H35N3O3S/c1-6-17-14-26-20(5,12-11-15(2)3)23(17)27(24,25)19-13-22(21-16(19)4)18-9-7-8-10-18/h13,15,17-18H,6-12,14H2,1-5H3. The van der Waals surface area contributed by atoms with Gasteiger partial charge in [-0.1, -0.05) is 33.6 Å². The number of nitrogens with zero attached hydrogens (tertiary/aromatic N) is 3. The van der Waals surface area contributed by atoms with Crippen molar-refractivity contribution in [2.24, 2.45) is 5.92 Å². The van der Waals surface area contributed by atoms with E-state index in [1.54, 1.807) is 10.5 Å². The van der Waals surface area contributed by atoms with Crippen LogP contribution in [0.4, 0.5) is 0 Å². The molecule has 0 spiro atoms. The normalized spacial score (nSPS) is 27.9. The van der Waals surface area contributed by atoms with Crippen LogP contribution in [-0.4, -0.2) is 40.9 Å². The molecule has 2 atom stereocenters. The van der Waals surface area contributed by atoms with Gasteiger partial charge in [0.15, 0.2) is 0 Å². The molecule has 0 radical (unpaired) electrons. The van der Waals surface area contributed by atoms with Crippen molar-refractivity contribution in [1.29, 1.82) is 0 Å². The predicted molar refractivity (Wildman–Crippen MR) is 106 cm³/mol. The van der Waals surface area contributed by atoms with Crippen LogP contribution in [0.2, 0.25) is 0 Å². The third-order valence-electron chi connectivity index (χ3n) is 6.15. The van der Waals surface area contributed by atoms with Crippen molar-refractivity contribution in [3.63, 3.8) is 0 Å². The zero-order valence-electron chi connectivity index (χ0n) is 17.4. The van der Waals surface area contributed by atoms with Gasteiger partial charge in [-0.05, 0) is 51.9 Å². The summed E-state index contributed by atoms with van der Waals surface area (Å²) in [6.45, 7) is 10.5. The van der Waals surface area contributed by atoms with Crippen molar-refractivity contribution in [1.82, 2.24) is 14.1 Å². The molecule has 154 valence electrons. The Morgan fingerprint density at radius 2 is 2.00 bits per heavy atom. The summed E-state index contributed by atoms with van der Waals surface area (Å²) in [5, 5.41) is 4.57. The fraction of sp³-hybridized carbons (Fsp3) is 0.850. The number of sulfonamides is 1. The molecule has 2 aliphatic rings. The lowest BCUT2D eigenvalue weighted by Crippen LogP contribution is -2.49. The zero-order valence-corrected chi connectivity index (χ0v) is 18.3. The van der Waals surface area contributed by atoms with E-state index >= 15 is 0 Å². The highest BCUT2D eigenvalue weighted by Gasteiger charge is 2.51. The Labute approximate surface area is 164 Å².